The number of ether oxygens (including phenoxy) is 2. The van der Waals surface area contributed by atoms with Gasteiger partial charge in [0.1, 0.15) is 18.4 Å². The first-order chi connectivity index (χ1) is 16.3. The minimum absolute atomic E-state index is 0.0530. The summed E-state index contributed by atoms with van der Waals surface area (Å²) < 4.78 is 38.0. The third-order valence-corrected chi connectivity index (χ3v) is 6.91. The third-order valence-electron chi connectivity index (χ3n) is 5.42. The van der Waals surface area contributed by atoms with E-state index in [-0.39, 0.29) is 24.6 Å². The monoisotopic (exact) mass is 491 g/mol. The maximum atomic E-state index is 13.0. The summed E-state index contributed by atoms with van der Waals surface area (Å²) in [5, 5.41) is 9.73. The highest BCUT2D eigenvalue weighted by molar-refractivity contribution is 7.89. The molecule has 0 aliphatic carbocycles. The summed E-state index contributed by atoms with van der Waals surface area (Å²) in [5.74, 6) is -0.0655. The molecule has 1 saturated heterocycles. The van der Waals surface area contributed by atoms with Crippen molar-refractivity contribution < 1.29 is 32.6 Å². The van der Waals surface area contributed by atoms with Crippen LogP contribution >= 0.6 is 0 Å². The Kier molecular flexibility index (Phi) is 8.85. The maximum absolute atomic E-state index is 13.0. The second-order valence-electron chi connectivity index (χ2n) is 7.74. The predicted molar refractivity (Wildman–Crippen MR) is 124 cm³/mol. The predicted octanol–water partition coefficient (Wildman–Crippen LogP) is 1.21. The van der Waals surface area contributed by atoms with Gasteiger partial charge in [0, 0.05) is 26.2 Å². The highest BCUT2D eigenvalue weighted by atomic mass is 32.2. The van der Waals surface area contributed by atoms with Crippen LogP contribution in [0.4, 0.5) is 4.79 Å². The summed E-state index contributed by atoms with van der Waals surface area (Å²) in [5.41, 5.74) is 0.873. The molecule has 2 aromatic rings. The minimum Gasteiger partial charge on any atom is -0.497 e. The maximum Gasteiger partial charge on any atom is 0.410 e. The number of hydrogen-bond donors (Lipinski definition) is 2. The molecule has 0 radical (unpaired) electrons. The Labute approximate surface area is 199 Å². The van der Waals surface area contributed by atoms with E-state index in [1.165, 1.54) is 41.2 Å². The molecular weight excluding hydrogens is 462 g/mol. The second-order valence-corrected chi connectivity index (χ2v) is 9.45. The summed E-state index contributed by atoms with van der Waals surface area (Å²) in [7, 11) is -2.58. The van der Waals surface area contributed by atoms with E-state index in [1.54, 1.807) is 0 Å². The number of aliphatic hydroxyl groups is 1. The molecule has 2 N–H and O–H groups in total. The highest BCUT2D eigenvalue weighted by Crippen LogP contribution is 2.16. The lowest BCUT2D eigenvalue weighted by Gasteiger charge is -2.26. The minimum atomic E-state index is -4.04. The smallest absolute Gasteiger partial charge is 0.410 e. The van der Waals surface area contributed by atoms with Gasteiger partial charge in [-0.15, -0.1) is 0 Å². The Bertz CT molecular complexity index is 1060. The fourth-order valence-electron chi connectivity index (χ4n) is 3.53. The van der Waals surface area contributed by atoms with Crippen molar-refractivity contribution in [3.05, 3.63) is 60.2 Å². The molecule has 2 aromatic carbocycles. The number of carbonyl (C=O) groups excluding carboxylic acids is 2. The van der Waals surface area contributed by atoms with Crippen molar-refractivity contribution in [1.82, 2.24) is 14.5 Å². The second kappa shape index (κ2) is 11.8. The molecule has 1 aliphatic rings. The Morgan fingerprint density at radius 2 is 1.65 bits per heavy atom. The SMILES string of the molecule is COc1ccc(S(=O)(=O)N[C@@H](CO)C(=O)N2CCCN(C(=O)OCc3ccccc3)CC2)cc1. The molecule has 1 fully saturated rings. The Hall–Kier alpha value is -3.15. The highest BCUT2D eigenvalue weighted by Gasteiger charge is 2.31. The fourth-order valence-corrected chi connectivity index (χ4v) is 4.71. The van der Waals surface area contributed by atoms with Crippen molar-refractivity contribution in [3.63, 3.8) is 0 Å². The van der Waals surface area contributed by atoms with Crippen molar-refractivity contribution in [1.29, 1.82) is 0 Å². The van der Waals surface area contributed by atoms with E-state index in [0.29, 0.717) is 25.3 Å². The summed E-state index contributed by atoms with van der Waals surface area (Å²) in [6.45, 7) is 0.607. The van der Waals surface area contributed by atoms with Crippen LogP contribution in [0.5, 0.6) is 5.75 Å². The fraction of sp³-hybridized carbons (Fsp3) is 0.391. The number of aliphatic hydroxyl groups excluding tert-OH is 1. The number of carbonyl (C=O) groups is 2. The number of hydrogen-bond acceptors (Lipinski definition) is 7. The number of benzene rings is 2. The summed E-state index contributed by atoms with van der Waals surface area (Å²) in [4.78, 5) is 28.3. The van der Waals surface area contributed by atoms with Crippen LogP contribution in [0.15, 0.2) is 59.5 Å². The van der Waals surface area contributed by atoms with Gasteiger partial charge in [-0.25, -0.2) is 13.2 Å². The van der Waals surface area contributed by atoms with Gasteiger partial charge in [-0.3, -0.25) is 4.79 Å². The average Bonchev–Trinajstić information content (AvgIpc) is 3.12. The molecule has 1 heterocycles. The Morgan fingerprint density at radius 3 is 2.29 bits per heavy atom. The van der Waals surface area contributed by atoms with Crippen molar-refractivity contribution in [2.24, 2.45) is 0 Å². The van der Waals surface area contributed by atoms with E-state index >= 15 is 0 Å². The molecule has 0 bridgehead atoms. The summed E-state index contributed by atoms with van der Waals surface area (Å²) in [6.07, 6.45) is 0.0207. The lowest BCUT2D eigenvalue weighted by molar-refractivity contribution is -0.133. The lowest BCUT2D eigenvalue weighted by atomic mass is 10.2. The van der Waals surface area contributed by atoms with E-state index in [2.05, 4.69) is 4.72 Å². The molecular formula is C23H29N3O7S. The number of nitrogens with one attached hydrogen (secondary N) is 1. The first-order valence-electron chi connectivity index (χ1n) is 10.9. The van der Waals surface area contributed by atoms with Crippen molar-refractivity contribution in [2.75, 3.05) is 39.9 Å². The molecule has 11 heteroatoms. The summed E-state index contributed by atoms with van der Waals surface area (Å²) in [6, 6.07) is 13.7. The van der Waals surface area contributed by atoms with Crippen LogP contribution in [-0.4, -0.2) is 81.3 Å². The molecule has 0 spiro atoms. The first-order valence-corrected chi connectivity index (χ1v) is 12.3. The van der Waals surface area contributed by atoms with Crippen molar-refractivity contribution >= 4 is 22.0 Å². The molecule has 0 saturated carbocycles. The van der Waals surface area contributed by atoms with Gasteiger partial charge in [0.25, 0.3) is 0 Å². The molecule has 1 aliphatic heterocycles. The van der Waals surface area contributed by atoms with E-state index < -0.39 is 34.7 Å². The van der Waals surface area contributed by atoms with Crippen LogP contribution in [0.1, 0.15) is 12.0 Å². The average molecular weight is 492 g/mol. The number of amides is 2. The van der Waals surface area contributed by atoms with Crippen molar-refractivity contribution in [2.45, 2.75) is 24.0 Å². The van der Waals surface area contributed by atoms with Crippen LogP contribution in [-0.2, 0) is 26.2 Å². The normalized spacial score (nSPS) is 15.4. The Morgan fingerprint density at radius 1 is 1.00 bits per heavy atom. The number of rotatable bonds is 8. The van der Waals surface area contributed by atoms with Crippen molar-refractivity contribution in [3.8, 4) is 5.75 Å². The molecule has 10 nitrogen and oxygen atoms in total. The largest absolute Gasteiger partial charge is 0.497 e. The van der Waals surface area contributed by atoms with Crippen LogP contribution in [0.25, 0.3) is 0 Å². The quantitative estimate of drug-likeness (QED) is 0.568. The first kappa shape index (κ1) is 25.5. The van der Waals surface area contributed by atoms with Gasteiger partial charge in [-0.1, -0.05) is 30.3 Å². The zero-order chi connectivity index (χ0) is 24.6. The van der Waals surface area contributed by atoms with Gasteiger partial charge in [0.2, 0.25) is 15.9 Å². The zero-order valence-electron chi connectivity index (χ0n) is 18.9. The number of methoxy groups -OCH3 is 1. The lowest BCUT2D eigenvalue weighted by Crippen LogP contribution is -2.51. The molecule has 3 rings (SSSR count). The van der Waals surface area contributed by atoms with Gasteiger partial charge >= 0.3 is 6.09 Å². The molecule has 2 amide bonds. The summed E-state index contributed by atoms with van der Waals surface area (Å²) >= 11 is 0. The molecule has 184 valence electrons. The van der Waals surface area contributed by atoms with Crippen LogP contribution < -0.4 is 9.46 Å². The van der Waals surface area contributed by atoms with Gasteiger partial charge in [0.15, 0.2) is 0 Å². The van der Waals surface area contributed by atoms with Gasteiger partial charge in [0.05, 0.1) is 18.6 Å². The van der Waals surface area contributed by atoms with Gasteiger partial charge in [-0.2, -0.15) is 4.72 Å². The molecule has 34 heavy (non-hydrogen) atoms. The van der Waals surface area contributed by atoms with Crippen LogP contribution in [0.2, 0.25) is 0 Å². The number of sulfonamides is 1. The topological polar surface area (TPSA) is 125 Å². The van der Waals surface area contributed by atoms with E-state index in [1.807, 2.05) is 30.3 Å². The van der Waals surface area contributed by atoms with E-state index in [4.69, 9.17) is 9.47 Å². The Balaban J connectivity index is 1.57. The molecule has 0 aromatic heterocycles. The standard InChI is InChI=1S/C23H29N3O7S/c1-32-19-8-10-20(11-9-19)34(30,31)24-21(16-27)22(28)25-12-5-13-26(15-14-25)23(29)33-17-18-6-3-2-4-7-18/h2-4,6-11,21,24,27H,5,12-17H2,1H3/t21-/m0/s1. The van der Waals surface area contributed by atoms with Crippen LogP contribution in [0, 0.1) is 0 Å². The zero-order valence-corrected chi connectivity index (χ0v) is 19.7. The van der Waals surface area contributed by atoms with E-state index in [9.17, 15) is 23.1 Å². The third kappa shape index (κ3) is 6.69. The molecule has 1 atom stereocenters. The van der Waals surface area contributed by atoms with Gasteiger partial charge < -0.3 is 24.4 Å². The van der Waals surface area contributed by atoms with Gasteiger partial charge in [-0.05, 0) is 36.2 Å². The van der Waals surface area contributed by atoms with E-state index in [0.717, 1.165) is 5.56 Å². The number of nitrogens with zero attached hydrogens (tertiary/aromatic N) is 2. The van der Waals surface area contributed by atoms with Crippen LogP contribution in [0.3, 0.4) is 0 Å². The molecule has 0 unspecified atom stereocenters.